The van der Waals surface area contributed by atoms with Gasteiger partial charge in [0.25, 0.3) is 17.7 Å². The molecule has 0 bridgehead atoms. The molecule has 1 heterocycles. The van der Waals surface area contributed by atoms with Crippen molar-refractivity contribution in [1.29, 1.82) is 0 Å². The average molecular weight is 771 g/mol. The van der Waals surface area contributed by atoms with Crippen LogP contribution in [-0.4, -0.2) is 111 Å². The maximum absolute atomic E-state index is 13.5. The number of ether oxygens (including phenoxy) is 2. The molecule has 1 aliphatic rings. The summed E-state index contributed by atoms with van der Waals surface area (Å²) in [6.45, 7) is 1.79. The van der Waals surface area contributed by atoms with Gasteiger partial charge in [-0.3, -0.25) is 43.8 Å². The average Bonchev–Trinajstić information content (AvgIpc) is 3.94. The van der Waals surface area contributed by atoms with Gasteiger partial charge >= 0.3 is 24.0 Å². The maximum Gasteiger partial charge on any atom is 0.408 e. The Morgan fingerprint density at radius 1 is 0.727 bits per heavy atom. The molecule has 1 fully saturated rings. The lowest BCUT2D eigenvalue weighted by atomic mass is 10.0. The van der Waals surface area contributed by atoms with E-state index in [9.17, 15) is 58.5 Å². The van der Waals surface area contributed by atoms with Crippen LogP contribution in [-0.2, 0) is 61.0 Å². The SMILES string of the molecule is CC(C)[C@H](NC(=O)[C@H](CCC(=O)O)NC(=O)[C@H](CC(=O)O)NC(=O)OCc1ccccc1)C(=O)NN(CC(=O)O)C(=O)[C@H]1O[C@@H]1C(=O)NCc1ccccc1. The number of carboxylic acids is 3. The quantitative estimate of drug-likeness (QED) is 0.0609. The number of hydrogen-bond acceptors (Lipinski definition) is 11. The number of aliphatic carboxylic acids is 3. The first-order valence-electron chi connectivity index (χ1n) is 16.9. The third-order valence-corrected chi connectivity index (χ3v) is 7.83. The van der Waals surface area contributed by atoms with Crippen LogP contribution >= 0.6 is 0 Å². The topological polar surface area (TPSA) is 299 Å². The molecular weight excluding hydrogens is 728 g/mol. The second-order valence-electron chi connectivity index (χ2n) is 12.6. The molecule has 8 N–H and O–H groups in total. The van der Waals surface area contributed by atoms with Crippen molar-refractivity contribution in [2.24, 2.45) is 5.92 Å². The minimum atomic E-state index is -1.78. The van der Waals surface area contributed by atoms with Crippen molar-refractivity contribution in [2.75, 3.05) is 6.54 Å². The minimum absolute atomic E-state index is 0.123. The number of carbonyl (C=O) groups is 9. The molecule has 20 heteroatoms. The number of hydrogen-bond donors (Lipinski definition) is 8. The molecule has 20 nitrogen and oxygen atoms in total. The molecule has 0 radical (unpaired) electrons. The van der Waals surface area contributed by atoms with Crippen molar-refractivity contribution >= 4 is 53.5 Å². The summed E-state index contributed by atoms with van der Waals surface area (Å²) < 4.78 is 10.2. The molecule has 0 aromatic heterocycles. The minimum Gasteiger partial charge on any atom is -0.481 e. The number of amides is 6. The number of alkyl carbamates (subject to hydrolysis) is 1. The number of nitrogens with one attached hydrogen (secondary N) is 5. The Hall–Kier alpha value is -6.57. The summed E-state index contributed by atoms with van der Waals surface area (Å²) >= 11 is 0. The van der Waals surface area contributed by atoms with Gasteiger partial charge in [-0.2, -0.15) is 0 Å². The maximum atomic E-state index is 13.5. The van der Waals surface area contributed by atoms with Crippen LogP contribution in [0, 0.1) is 5.92 Å². The fourth-order valence-electron chi connectivity index (χ4n) is 4.94. The molecular formula is C35H42N6O14. The lowest BCUT2D eigenvalue weighted by Crippen LogP contribution is -2.60. The van der Waals surface area contributed by atoms with Crippen molar-refractivity contribution in [3.05, 3.63) is 71.8 Å². The van der Waals surface area contributed by atoms with Crippen LogP contribution in [0.25, 0.3) is 0 Å². The summed E-state index contributed by atoms with van der Waals surface area (Å²) in [6, 6.07) is 12.2. The van der Waals surface area contributed by atoms with Gasteiger partial charge in [-0.25, -0.2) is 9.80 Å². The number of carbonyl (C=O) groups excluding carboxylic acids is 6. The van der Waals surface area contributed by atoms with Crippen molar-refractivity contribution < 1.29 is 67.9 Å². The molecule has 6 amide bonds. The highest BCUT2D eigenvalue weighted by molar-refractivity contribution is 5.98. The Morgan fingerprint density at radius 2 is 1.33 bits per heavy atom. The summed E-state index contributed by atoms with van der Waals surface area (Å²) in [5.74, 6) is -10.3. The molecule has 3 rings (SSSR count). The molecule has 5 atom stereocenters. The fourth-order valence-corrected chi connectivity index (χ4v) is 4.94. The van der Waals surface area contributed by atoms with E-state index in [0.29, 0.717) is 10.6 Å². The van der Waals surface area contributed by atoms with E-state index in [-0.39, 0.29) is 13.2 Å². The number of carboxylic acid groups (broad SMARTS) is 3. The Bertz CT molecular complexity index is 1720. The van der Waals surface area contributed by atoms with Gasteiger partial charge in [0.05, 0.1) is 6.42 Å². The predicted molar refractivity (Wildman–Crippen MR) is 186 cm³/mol. The van der Waals surface area contributed by atoms with Crippen molar-refractivity contribution in [2.45, 2.75) is 76.6 Å². The standard InChI is InChI=1S/C35H42N6O14/c1-19(2)27(32(50)40-41(17-26(46)47)34(52)29-28(55-29)33(51)36-16-20-9-5-3-6-10-20)39-30(48)22(13-14-24(42)43)37-31(49)23(15-25(44)45)38-35(53)54-18-21-11-7-4-8-12-21/h3-12,19,22-23,27-29H,13-18H2,1-2H3,(H,36,51)(H,37,49)(H,38,53)(H,39,48)(H,40,50)(H,42,43)(H,44,45)(H,46,47)/t22-,23-,27-,28-,29-/m0/s1. The van der Waals surface area contributed by atoms with Crippen LogP contribution < -0.4 is 26.7 Å². The van der Waals surface area contributed by atoms with Crippen LogP contribution in [0.2, 0.25) is 0 Å². The number of nitrogens with zero attached hydrogens (tertiary/aromatic N) is 1. The van der Waals surface area contributed by atoms with Crippen molar-refractivity contribution in [3.63, 3.8) is 0 Å². The summed E-state index contributed by atoms with van der Waals surface area (Å²) in [5.41, 5.74) is 3.47. The van der Waals surface area contributed by atoms with Gasteiger partial charge in [-0.1, -0.05) is 74.5 Å². The Balaban J connectivity index is 1.68. The lowest BCUT2D eigenvalue weighted by molar-refractivity contribution is -0.151. The Morgan fingerprint density at radius 3 is 1.89 bits per heavy atom. The van der Waals surface area contributed by atoms with Gasteiger partial charge in [0.1, 0.15) is 31.3 Å². The normalized spacial score (nSPS) is 15.9. The van der Waals surface area contributed by atoms with Gasteiger partial charge in [-0.05, 0) is 23.5 Å². The van der Waals surface area contributed by atoms with Crippen LogP contribution in [0.15, 0.2) is 60.7 Å². The highest BCUT2D eigenvalue weighted by atomic mass is 16.6. The van der Waals surface area contributed by atoms with E-state index >= 15 is 0 Å². The number of benzene rings is 2. The van der Waals surface area contributed by atoms with Gasteiger partial charge in [0, 0.05) is 13.0 Å². The fraction of sp³-hybridized carbons (Fsp3) is 0.400. The third-order valence-electron chi connectivity index (χ3n) is 7.83. The first-order valence-corrected chi connectivity index (χ1v) is 16.9. The zero-order chi connectivity index (χ0) is 40.7. The smallest absolute Gasteiger partial charge is 0.408 e. The van der Waals surface area contributed by atoms with Crippen LogP contribution in [0.1, 0.15) is 44.2 Å². The number of rotatable bonds is 20. The van der Waals surface area contributed by atoms with E-state index in [1.807, 2.05) is 0 Å². The first kappa shape index (κ1) is 42.8. The summed E-state index contributed by atoms with van der Waals surface area (Å²) in [6.07, 6.45) is -6.03. The van der Waals surface area contributed by atoms with Gasteiger partial charge < -0.3 is 46.1 Å². The molecule has 296 valence electrons. The van der Waals surface area contributed by atoms with Crippen molar-refractivity contribution in [3.8, 4) is 0 Å². The number of epoxide rings is 1. The van der Waals surface area contributed by atoms with Crippen molar-refractivity contribution in [1.82, 2.24) is 31.7 Å². The summed E-state index contributed by atoms with van der Waals surface area (Å²) in [4.78, 5) is 113. The molecule has 0 spiro atoms. The molecule has 0 saturated carbocycles. The lowest BCUT2D eigenvalue weighted by Gasteiger charge is -2.28. The molecule has 0 aliphatic carbocycles. The third kappa shape index (κ3) is 14.4. The van der Waals surface area contributed by atoms with Crippen LogP contribution in [0.5, 0.6) is 0 Å². The van der Waals surface area contributed by atoms with Gasteiger partial charge in [0.15, 0.2) is 12.2 Å². The highest BCUT2D eigenvalue weighted by Gasteiger charge is 2.52. The molecule has 2 aromatic carbocycles. The van der Waals surface area contributed by atoms with Gasteiger partial charge in [0.2, 0.25) is 11.8 Å². The van der Waals surface area contributed by atoms with E-state index in [4.69, 9.17) is 9.47 Å². The Labute approximate surface area is 313 Å². The molecule has 1 aliphatic heterocycles. The molecule has 0 unspecified atom stereocenters. The zero-order valence-corrected chi connectivity index (χ0v) is 29.8. The zero-order valence-electron chi connectivity index (χ0n) is 29.8. The summed E-state index contributed by atoms with van der Waals surface area (Å²) in [7, 11) is 0. The first-order chi connectivity index (χ1) is 26.0. The number of hydrazine groups is 1. The highest BCUT2D eigenvalue weighted by Crippen LogP contribution is 2.24. The van der Waals surface area contributed by atoms with E-state index in [1.165, 1.54) is 13.8 Å². The second kappa shape index (κ2) is 20.6. The van der Waals surface area contributed by atoms with Crippen LogP contribution in [0.3, 0.4) is 0 Å². The second-order valence-corrected chi connectivity index (χ2v) is 12.6. The molecule has 1 saturated heterocycles. The largest absolute Gasteiger partial charge is 0.481 e. The van der Waals surface area contributed by atoms with E-state index in [0.717, 1.165) is 5.56 Å². The summed E-state index contributed by atoms with van der Waals surface area (Å²) in [5, 5.41) is 37.7. The monoisotopic (exact) mass is 770 g/mol. The van der Waals surface area contributed by atoms with E-state index in [2.05, 4.69) is 26.7 Å². The molecule has 55 heavy (non-hydrogen) atoms. The van der Waals surface area contributed by atoms with E-state index < -0.39 is 116 Å². The van der Waals surface area contributed by atoms with Crippen LogP contribution in [0.4, 0.5) is 4.79 Å². The van der Waals surface area contributed by atoms with Gasteiger partial charge in [-0.15, -0.1) is 0 Å². The van der Waals surface area contributed by atoms with E-state index in [1.54, 1.807) is 60.7 Å². The molecule has 2 aromatic rings. The Kier molecular flexibility index (Phi) is 16.1. The predicted octanol–water partition coefficient (Wildman–Crippen LogP) is -0.725.